The highest BCUT2D eigenvalue weighted by molar-refractivity contribution is 9.10. The van der Waals surface area contributed by atoms with Crippen LogP contribution in [0.2, 0.25) is 0 Å². The number of benzene rings is 1. The summed E-state index contributed by atoms with van der Waals surface area (Å²) >= 11 is 3.37. The second-order valence-electron chi connectivity index (χ2n) is 3.90. The number of rotatable bonds is 3. The first-order valence-corrected chi connectivity index (χ1v) is 6.16. The van der Waals surface area contributed by atoms with E-state index in [2.05, 4.69) is 21.2 Å². The molecule has 0 aliphatic rings. The summed E-state index contributed by atoms with van der Waals surface area (Å²) in [5.41, 5.74) is 1.51. The van der Waals surface area contributed by atoms with E-state index >= 15 is 0 Å². The van der Waals surface area contributed by atoms with Crippen molar-refractivity contribution in [3.63, 3.8) is 0 Å². The monoisotopic (exact) mass is 323 g/mol. The molecule has 0 radical (unpaired) electrons. The lowest BCUT2D eigenvalue weighted by molar-refractivity contribution is 0.0696. The quantitative estimate of drug-likeness (QED) is 0.908. The molecule has 0 aliphatic carbocycles. The van der Waals surface area contributed by atoms with Gasteiger partial charge in [-0.05, 0) is 34.5 Å². The number of nitrogens with one attached hydrogen (secondary N) is 1. The minimum absolute atomic E-state index is 0.0502. The third-order valence-electron chi connectivity index (χ3n) is 2.51. The lowest BCUT2D eigenvalue weighted by Gasteiger charge is -2.07. The average molecular weight is 324 g/mol. The second-order valence-corrected chi connectivity index (χ2v) is 4.69. The Bertz CT molecular complexity index is 648. The molecule has 0 unspecified atom stereocenters. The number of aryl methyl sites for hydroxylation is 1. The third kappa shape index (κ3) is 2.85. The van der Waals surface area contributed by atoms with Crippen molar-refractivity contribution in [2.75, 3.05) is 5.32 Å². The normalized spacial score (nSPS) is 10.2. The fourth-order valence-electron chi connectivity index (χ4n) is 1.50. The molecule has 98 valence electrons. The van der Waals surface area contributed by atoms with E-state index in [1.807, 2.05) is 13.0 Å². The Morgan fingerprint density at radius 2 is 2.11 bits per heavy atom. The largest absolute Gasteiger partial charge is 0.478 e. The van der Waals surface area contributed by atoms with Gasteiger partial charge in [0.25, 0.3) is 5.91 Å². The number of halogens is 1. The Balaban J connectivity index is 2.21. The highest BCUT2D eigenvalue weighted by atomic mass is 79.9. The molecule has 1 heterocycles. The van der Waals surface area contributed by atoms with Gasteiger partial charge in [-0.2, -0.15) is 0 Å². The molecule has 1 aromatic heterocycles. The molecular formula is C13H10BrNO4. The number of anilines is 1. The van der Waals surface area contributed by atoms with Gasteiger partial charge in [-0.15, -0.1) is 0 Å². The predicted octanol–water partition coefficient (Wildman–Crippen LogP) is 3.30. The highest BCUT2D eigenvalue weighted by Crippen LogP contribution is 2.26. The molecule has 5 nitrogen and oxygen atoms in total. The summed E-state index contributed by atoms with van der Waals surface area (Å²) < 4.78 is 5.69. The number of carboxylic acids is 1. The van der Waals surface area contributed by atoms with Gasteiger partial charge < -0.3 is 14.8 Å². The van der Waals surface area contributed by atoms with Crippen molar-refractivity contribution >= 4 is 33.5 Å². The van der Waals surface area contributed by atoms with Crippen molar-refractivity contribution in [3.05, 3.63) is 51.9 Å². The summed E-state index contributed by atoms with van der Waals surface area (Å²) in [6, 6.07) is 6.62. The molecule has 0 saturated heterocycles. The molecule has 0 fully saturated rings. The van der Waals surface area contributed by atoms with Gasteiger partial charge in [-0.25, -0.2) is 4.79 Å². The first-order chi connectivity index (χ1) is 8.99. The standard InChI is InChI=1S/C13H10BrNO4/c1-7-3-2-4-9(11(7)14)15-12(16)10-5-8(6-19-10)13(17)18/h2-6H,1H3,(H,15,16)(H,17,18). The maximum Gasteiger partial charge on any atom is 0.338 e. The lowest BCUT2D eigenvalue weighted by Crippen LogP contribution is -2.11. The van der Waals surface area contributed by atoms with Crippen LogP contribution in [-0.4, -0.2) is 17.0 Å². The van der Waals surface area contributed by atoms with E-state index in [-0.39, 0.29) is 11.3 Å². The Hall–Kier alpha value is -2.08. The summed E-state index contributed by atoms with van der Waals surface area (Å²) in [5.74, 6) is -1.69. The number of hydrogen-bond acceptors (Lipinski definition) is 3. The van der Waals surface area contributed by atoms with Crippen LogP contribution < -0.4 is 5.32 Å². The molecule has 2 N–H and O–H groups in total. The molecule has 1 aromatic carbocycles. The molecule has 2 aromatic rings. The van der Waals surface area contributed by atoms with Crippen LogP contribution in [0.25, 0.3) is 0 Å². The molecule has 0 aliphatic heterocycles. The van der Waals surface area contributed by atoms with Crippen LogP contribution in [0.3, 0.4) is 0 Å². The van der Waals surface area contributed by atoms with Crippen molar-refractivity contribution < 1.29 is 19.1 Å². The van der Waals surface area contributed by atoms with E-state index in [0.717, 1.165) is 16.3 Å². The summed E-state index contributed by atoms with van der Waals surface area (Å²) in [6.07, 6.45) is 1.03. The number of furan rings is 1. The average Bonchev–Trinajstić information content (AvgIpc) is 2.84. The first kappa shape index (κ1) is 13.4. The fourth-order valence-corrected chi connectivity index (χ4v) is 1.86. The van der Waals surface area contributed by atoms with E-state index in [9.17, 15) is 9.59 Å². The topological polar surface area (TPSA) is 79.5 Å². The fraction of sp³-hybridized carbons (Fsp3) is 0.0769. The van der Waals surface area contributed by atoms with Crippen molar-refractivity contribution in [1.82, 2.24) is 0 Å². The van der Waals surface area contributed by atoms with Crippen LogP contribution in [-0.2, 0) is 0 Å². The van der Waals surface area contributed by atoms with Crippen molar-refractivity contribution in [3.8, 4) is 0 Å². The summed E-state index contributed by atoms with van der Waals surface area (Å²) in [4.78, 5) is 22.6. The van der Waals surface area contributed by atoms with Crippen LogP contribution in [0.4, 0.5) is 5.69 Å². The van der Waals surface area contributed by atoms with Gasteiger partial charge in [-0.1, -0.05) is 12.1 Å². The lowest BCUT2D eigenvalue weighted by atomic mass is 10.2. The van der Waals surface area contributed by atoms with E-state index in [4.69, 9.17) is 9.52 Å². The molecule has 1 amide bonds. The second kappa shape index (κ2) is 5.27. The van der Waals surface area contributed by atoms with E-state index in [1.165, 1.54) is 6.07 Å². The number of amides is 1. The van der Waals surface area contributed by atoms with Crippen LogP contribution >= 0.6 is 15.9 Å². The Labute approximate surface area is 117 Å². The maximum atomic E-state index is 11.9. The zero-order valence-corrected chi connectivity index (χ0v) is 11.5. The molecule has 6 heteroatoms. The van der Waals surface area contributed by atoms with E-state index in [0.29, 0.717) is 5.69 Å². The highest BCUT2D eigenvalue weighted by Gasteiger charge is 2.15. The van der Waals surface area contributed by atoms with Crippen molar-refractivity contribution in [2.45, 2.75) is 6.92 Å². The molecular weight excluding hydrogens is 314 g/mol. The number of aromatic carboxylic acids is 1. The molecule has 0 spiro atoms. The van der Waals surface area contributed by atoms with Gasteiger partial charge in [0, 0.05) is 10.5 Å². The van der Waals surface area contributed by atoms with Gasteiger partial charge in [0.15, 0.2) is 5.76 Å². The predicted molar refractivity (Wildman–Crippen MR) is 72.5 cm³/mol. The van der Waals surface area contributed by atoms with Crippen LogP contribution in [0.1, 0.15) is 26.5 Å². The molecule has 2 rings (SSSR count). The summed E-state index contributed by atoms with van der Waals surface area (Å²) in [6.45, 7) is 1.90. The Morgan fingerprint density at radius 3 is 2.74 bits per heavy atom. The van der Waals surface area contributed by atoms with Crippen LogP contribution in [0.5, 0.6) is 0 Å². The maximum absolute atomic E-state index is 11.9. The third-order valence-corrected chi connectivity index (χ3v) is 3.56. The van der Waals surface area contributed by atoms with Crippen molar-refractivity contribution in [1.29, 1.82) is 0 Å². The van der Waals surface area contributed by atoms with Gasteiger partial charge >= 0.3 is 5.97 Å². The van der Waals surface area contributed by atoms with Gasteiger partial charge in [-0.3, -0.25) is 4.79 Å². The minimum atomic E-state index is -1.14. The van der Waals surface area contributed by atoms with Gasteiger partial charge in [0.2, 0.25) is 0 Å². The van der Waals surface area contributed by atoms with Gasteiger partial charge in [0.05, 0.1) is 11.3 Å². The SMILES string of the molecule is Cc1cccc(NC(=O)c2cc(C(=O)O)co2)c1Br. The zero-order chi connectivity index (χ0) is 14.0. The molecule has 19 heavy (non-hydrogen) atoms. The number of hydrogen-bond donors (Lipinski definition) is 2. The Morgan fingerprint density at radius 1 is 1.37 bits per heavy atom. The summed E-state index contributed by atoms with van der Waals surface area (Å²) in [5, 5.41) is 11.4. The van der Waals surface area contributed by atoms with E-state index < -0.39 is 11.9 Å². The summed E-state index contributed by atoms with van der Waals surface area (Å²) in [7, 11) is 0. The molecule has 0 saturated carbocycles. The van der Waals surface area contributed by atoms with Crippen molar-refractivity contribution in [2.24, 2.45) is 0 Å². The number of carboxylic acid groups (broad SMARTS) is 1. The molecule has 0 atom stereocenters. The molecule has 0 bridgehead atoms. The van der Waals surface area contributed by atoms with Gasteiger partial charge in [0.1, 0.15) is 6.26 Å². The van der Waals surface area contributed by atoms with Crippen LogP contribution in [0, 0.1) is 6.92 Å². The smallest absolute Gasteiger partial charge is 0.338 e. The van der Waals surface area contributed by atoms with E-state index in [1.54, 1.807) is 12.1 Å². The zero-order valence-electron chi connectivity index (χ0n) is 9.94. The Kier molecular flexibility index (Phi) is 3.71. The van der Waals surface area contributed by atoms with Crippen LogP contribution in [0.15, 0.2) is 39.4 Å². The first-order valence-electron chi connectivity index (χ1n) is 5.37. The number of carbonyl (C=O) groups excluding carboxylic acids is 1. The number of carbonyl (C=O) groups is 2. The minimum Gasteiger partial charge on any atom is -0.478 e.